The second-order valence-electron chi connectivity index (χ2n) is 7.60. The summed E-state index contributed by atoms with van der Waals surface area (Å²) in [6.45, 7) is 6.11. The molecule has 6 nitrogen and oxygen atoms in total. The molecule has 2 N–H and O–H groups in total. The topological polar surface area (TPSA) is 76.0 Å². The molecule has 2 amide bonds. The summed E-state index contributed by atoms with van der Waals surface area (Å²) >= 11 is 1.39. The number of aryl methyl sites for hydroxylation is 2. The molecule has 0 bridgehead atoms. The fraction of sp³-hybridized carbons (Fsp3) is 0.160. The molecule has 0 saturated heterocycles. The van der Waals surface area contributed by atoms with Gasteiger partial charge in [-0.1, -0.05) is 24.3 Å². The number of rotatable bonds is 6. The molecule has 32 heavy (non-hydrogen) atoms. The largest absolute Gasteiger partial charge is 0.352 e. The van der Waals surface area contributed by atoms with Crippen LogP contribution in [0.2, 0.25) is 0 Å². The first-order chi connectivity index (χ1) is 15.4. The second-order valence-corrected chi connectivity index (χ2v) is 8.46. The standard InChI is InChI=1S/C25H24N4O2S/c1-16-4-5-17(2)29(16)22-12-10-21(11-13-22)24(31)28-25-27-23(15-32-25)20-8-6-19(7-9-20)14-26-18(3)30/h4-13,15H,14H2,1-3H3,(H,26,30)(H,27,28,31). The molecule has 0 unspecified atom stereocenters. The Labute approximate surface area is 190 Å². The molecule has 0 aliphatic heterocycles. The molecule has 0 aliphatic carbocycles. The molecule has 7 heteroatoms. The van der Waals surface area contributed by atoms with Crippen LogP contribution < -0.4 is 10.6 Å². The van der Waals surface area contributed by atoms with Crippen molar-refractivity contribution in [2.45, 2.75) is 27.3 Å². The number of nitrogens with zero attached hydrogens (tertiary/aromatic N) is 2. The molecule has 4 aromatic rings. The molecule has 0 saturated carbocycles. The minimum absolute atomic E-state index is 0.0569. The Morgan fingerprint density at radius 3 is 2.22 bits per heavy atom. The van der Waals surface area contributed by atoms with Crippen LogP contribution in [-0.2, 0) is 11.3 Å². The number of aromatic nitrogens is 2. The zero-order valence-corrected chi connectivity index (χ0v) is 19.0. The lowest BCUT2D eigenvalue weighted by Crippen LogP contribution is -2.18. The number of carbonyl (C=O) groups excluding carboxylic acids is 2. The van der Waals surface area contributed by atoms with Gasteiger partial charge in [0.25, 0.3) is 5.91 Å². The summed E-state index contributed by atoms with van der Waals surface area (Å²) in [5.41, 5.74) is 6.67. The number of benzene rings is 2. The number of hydrogen-bond acceptors (Lipinski definition) is 4. The third-order valence-electron chi connectivity index (χ3n) is 5.17. The van der Waals surface area contributed by atoms with Crippen molar-refractivity contribution in [3.05, 3.63) is 88.6 Å². The van der Waals surface area contributed by atoms with E-state index in [0.29, 0.717) is 17.2 Å². The minimum atomic E-state index is -0.191. The summed E-state index contributed by atoms with van der Waals surface area (Å²) in [6.07, 6.45) is 0. The third kappa shape index (κ3) is 4.78. The maximum Gasteiger partial charge on any atom is 0.257 e. The summed E-state index contributed by atoms with van der Waals surface area (Å²) in [5, 5.41) is 8.13. The van der Waals surface area contributed by atoms with Crippen LogP contribution in [0.3, 0.4) is 0 Å². The van der Waals surface area contributed by atoms with E-state index < -0.39 is 0 Å². The predicted octanol–water partition coefficient (Wildman–Crippen LogP) is 5.11. The van der Waals surface area contributed by atoms with E-state index in [1.54, 1.807) is 0 Å². The Bertz CT molecular complexity index is 1230. The highest BCUT2D eigenvalue weighted by Crippen LogP contribution is 2.26. The van der Waals surface area contributed by atoms with Gasteiger partial charge in [-0.05, 0) is 55.8 Å². The molecular formula is C25H24N4O2S. The van der Waals surface area contributed by atoms with E-state index in [4.69, 9.17) is 0 Å². The Kier molecular flexibility index (Phi) is 6.18. The van der Waals surface area contributed by atoms with Gasteiger partial charge in [0, 0.05) is 47.1 Å². The fourth-order valence-corrected chi connectivity index (χ4v) is 4.21. The van der Waals surface area contributed by atoms with E-state index in [1.807, 2.05) is 53.9 Å². The van der Waals surface area contributed by atoms with E-state index in [9.17, 15) is 9.59 Å². The summed E-state index contributed by atoms with van der Waals surface area (Å²) in [6, 6.07) is 19.5. The normalized spacial score (nSPS) is 10.7. The van der Waals surface area contributed by atoms with E-state index in [2.05, 4.69) is 46.2 Å². The van der Waals surface area contributed by atoms with Crippen molar-refractivity contribution in [2.75, 3.05) is 5.32 Å². The van der Waals surface area contributed by atoms with Gasteiger partial charge in [-0.25, -0.2) is 4.98 Å². The lowest BCUT2D eigenvalue weighted by molar-refractivity contribution is -0.119. The van der Waals surface area contributed by atoms with Crippen molar-refractivity contribution >= 4 is 28.3 Å². The molecule has 0 fully saturated rings. The summed E-state index contributed by atoms with van der Waals surface area (Å²) in [4.78, 5) is 28.3. The highest BCUT2D eigenvalue weighted by Gasteiger charge is 2.11. The number of nitrogens with one attached hydrogen (secondary N) is 2. The first-order valence-corrected chi connectivity index (χ1v) is 11.1. The van der Waals surface area contributed by atoms with Crippen molar-refractivity contribution in [3.63, 3.8) is 0 Å². The molecule has 2 aromatic carbocycles. The first-order valence-electron chi connectivity index (χ1n) is 10.3. The van der Waals surface area contributed by atoms with Gasteiger partial charge >= 0.3 is 0 Å². The van der Waals surface area contributed by atoms with Gasteiger partial charge in [0.05, 0.1) is 5.69 Å². The van der Waals surface area contributed by atoms with Gasteiger partial charge in [-0.15, -0.1) is 11.3 Å². The molecular weight excluding hydrogens is 420 g/mol. The Morgan fingerprint density at radius 2 is 1.59 bits per heavy atom. The maximum atomic E-state index is 12.7. The zero-order chi connectivity index (χ0) is 22.7. The SMILES string of the molecule is CC(=O)NCc1ccc(-c2csc(NC(=O)c3ccc(-n4c(C)ccc4C)cc3)n2)cc1. The average Bonchev–Trinajstić information content (AvgIpc) is 3.39. The molecule has 4 rings (SSSR count). The maximum absolute atomic E-state index is 12.7. The Hall–Kier alpha value is -3.71. The van der Waals surface area contributed by atoms with Crippen LogP contribution in [0.15, 0.2) is 66.0 Å². The smallest absolute Gasteiger partial charge is 0.257 e. The predicted molar refractivity (Wildman–Crippen MR) is 128 cm³/mol. The second kappa shape index (κ2) is 9.20. The molecule has 0 radical (unpaired) electrons. The molecule has 0 atom stereocenters. The van der Waals surface area contributed by atoms with Gasteiger partial charge in [0.15, 0.2) is 5.13 Å². The molecule has 0 aliphatic rings. The highest BCUT2D eigenvalue weighted by molar-refractivity contribution is 7.14. The monoisotopic (exact) mass is 444 g/mol. The van der Waals surface area contributed by atoms with E-state index >= 15 is 0 Å². The van der Waals surface area contributed by atoms with Gasteiger partial charge in [-0.3, -0.25) is 14.9 Å². The Balaban J connectivity index is 1.42. The van der Waals surface area contributed by atoms with Crippen LogP contribution in [0.5, 0.6) is 0 Å². The highest BCUT2D eigenvalue weighted by atomic mass is 32.1. The number of amides is 2. The zero-order valence-electron chi connectivity index (χ0n) is 18.2. The van der Waals surface area contributed by atoms with E-state index in [1.165, 1.54) is 18.3 Å². The minimum Gasteiger partial charge on any atom is -0.352 e. The van der Waals surface area contributed by atoms with Gasteiger partial charge in [0.1, 0.15) is 0 Å². The molecule has 0 spiro atoms. The number of carbonyl (C=O) groups is 2. The van der Waals surface area contributed by atoms with Crippen molar-refractivity contribution < 1.29 is 9.59 Å². The van der Waals surface area contributed by atoms with Crippen molar-refractivity contribution in [1.29, 1.82) is 0 Å². The van der Waals surface area contributed by atoms with Crippen molar-refractivity contribution in [3.8, 4) is 16.9 Å². The van der Waals surface area contributed by atoms with Crippen LogP contribution in [0.4, 0.5) is 5.13 Å². The first kappa shape index (κ1) is 21.5. The molecule has 2 aromatic heterocycles. The Morgan fingerprint density at radius 1 is 0.938 bits per heavy atom. The van der Waals surface area contributed by atoms with Crippen LogP contribution in [0, 0.1) is 13.8 Å². The van der Waals surface area contributed by atoms with Gasteiger partial charge < -0.3 is 9.88 Å². The van der Waals surface area contributed by atoms with Crippen LogP contribution in [0.25, 0.3) is 16.9 Å². The van der Waals surface area contributed by atoms with E-state index in [-0.39, 0.29) is 11.8 Å². The number of hydrogen-bond donors (Lipinski definition) is 2. The summed E-state index contributed by atoms with van der Waals surface area (Å²) < 4.78 is 2.15. The van der Waals surface area contributed by atoms with E-state index in [0.717, 1.165) is 33.9 Å². The average molecular weight is 445 g/mol. The van der Waals surface area contributed by atoms with Gasteiger partial charge in [-0.2, -0.15) is 0 Å². The molecule has 162 valence electrons. The van der Waals surface area contributed by atoms with Gasteiger partial charge in [0.2, 0.25) is 5.91 Å². The van der Waals surface area contributed by atoms with Crippen molar-refractivity contribution in [2.24, 2.45) is 0 Å². The number of anilines is 1. The van der Waals surface area contributed by atoms with Crippen molar-refractivity contribution in [1.82, 2.24) is 14.9 Å². The van der Waals surface area contributed by atoms with Crippen LogP contribution in [0.1, 0.15) is 34.2 Å². The lowest BCUT2D eigenvalue weighted by atomic mass is 10.1. The third-order valence-corrected chi connectivity index (χ3v) is 5.93. The molecule has 2 heterocycles. The summed E-state index contributed by atoms with van der Waals surface area (Å²) in [7, 11) is 0. The lowest BCUT2D eigenvalue weighted by Gasteiger charge is -2.10. The number of thiazole rings is 1. The van der Waals surface area contributed by atoms with Crippen LogP contribution >= 0.6 is 11.3 Å². The summed E-state index contributed by atoms with van der Waals surface area (Å²) in [5.74, 6) is -0.248. The van der Waals surface area contributed by atoms with Crippen LogP contribution in [-0.4, -0.2) is 21.4 Å². The fourth-order valence-electron chi connectivity index (χ4n) is 3.49. The quantitative estimate of drug-likeness (QED) is 0.434.